The average molecular weight is 362 g/mol. The quantitative estimate of drug-likeness (QED) is 0.388. The number of hydrogen-bond acceptors (Lipinski definition) is 2. The first-order chi connectivity index (χ1) is 7.81. The molecule has 3 nitrogen and oxygen atoms in total. The molecule has 0 aliphatic carbocycles. The number of carboxylic acid groups (broad SMARTS) is 1. The van der Waals surface area contributed by atoms with Gasteiger partial charge in [-0.1, -0.05) is 48.8 Å². The molecule has 0 aromatic rings. The molecular weight excluding hydrogens is 345 g/mol. The predicted octanol–water partition coefficient (Wildman–Crippen LogP) is 3.44. The molecule has 1 N–H and O–H groups in total. The molecule has 6 heteroatoms. The third kappa shape index (κ3) is 6.90. The highest BCUT2D eigenvalue weighted by Gasteiger charge is 2.41. The SMILES string of the molecule is CCCCCCC(=O)C(F)(F)CC(I)C(=O)O. The zero-order valence-corrected chi connectivity index (χ0v) is 11.9. The van der Waals surface area contributed by atoms with E-state index >= 15 is 0 Å². The van der Waals surface area contributed by atoms with E-state index in [1.165, 1.54) is 22.6 Å². The lowest BCUT2D eigenvalue weighted by atomic mass is 10.0. The summed E-state index contributed by atoms with van der Waals surface area (Å²) < 4.78 is 25.4. The maximum Gasteiger partial charge on any atom is 0.316 e. The molecule has 17 heavy (non-hydrogen) atoms. The molecule has 1 unspecified atom stereocenters. The lowest BCUT2D eigenvalue weighted by Crippen LogP contribution is -2.33. The fraction of sp³-hybridized carbons (Fsp3) is 0.818. The molecule has 0 aromatic heterocycles. The van der Waals surface area contributed by atoms with E-state index in [9.17, 15) is 18.4 Å². The van der Waals surface area contributed by atoms with Gasteiger partial charge >= 0.3 is 11.9 Å². The van der Waals surface area contributed by atoms with E-state index in [0.29, 0.717) is 6.42 Å². The molecular formula is C11H17F2IO3. The van der Waals surface area contributed by atoms with Crippen molar-refractivity contribution in [2.24, 2.45) is 0 Å². The first-order valence-corrected chi connectivity index (χ1v) is 6.83. The number of aliphatic carboxylic acids is 1. The molecule has 0 aliphatic rings. The minimum atomic E-state index is -3.52. The van der Waals surface area contributed by atoms with Gasteiger partial charge in [0.1, 0.15) is 3.92 Å². The van der Waals surface area contributed by atoms with Crippen LogP contribution in [-0.4, -0.2) is 26.7 Å². The number of alkyl halides is 3. The highest BCUT2D eigenvalue weighted by atomic mass is 127. The van der Waals surface area contributed by atoms with Crippen molar-refractivity contribution in [2.75, 3.05) is 0 Å². The molecule has 1 atom stereocenters. The second-order valence-electron chi connectivity index (χ2n) is 3.95. The number of carboxylic acids is 1. The van der Waals surface area contributed by atoms with Gasteiger partial charge < -0.3 is 5.11 Å². The van der Waals surface area contributed by atoms with E-state index in [4.69, 9.17) is 5.11 Å². The summed E-state index contributed by atoms with van der Waals surface area (Å²) >= 11 is 1.41. The summed E-state index contributed by atoms with van der Waals surface area (Å²) in [6.45, 7) is 1.99. The maximum atomic E-state index is 13.3. The lowest BCUT2D eigenvalue weighted by Gasteiger charge is -2.16. The zero-order chi connectivity index (χ0) is 13.5. The Balaban J connectivity index is 4.11. The summed E-state index contributed by atoms with van der Waals surface area (Å²) in [6.07, 6.45) is 2.00. The molecule has 100 valence electrons. The standard InChI is InChI=1S/C11H17F2IO3/c1-2-3-4-5-6-9(15)11(12,13)7-8(14)10(16)17/h8H,2-7H2,1H3,(H,16,17). The van der Waals surface area contributed by atoms with Crippen LogP contribution in [0.3, 0.4) is 0 Å². The van der Waals surface area contributed by atoms with Gasteiger partial charge in [0, 0.05) is 12.8 Å². The first-order valence-electron chi connectivity index (χ1n) is 5.59. The molecule has 0 radical (unpaired) electrons. The second-order valence-corrected chi connectivity index (χ2v) is 5.45. The number of halogens is 3. The molecule has 0 saturated carbocycles. The zero-order valence-electron chi connectivity index (χ0n) is 9.72. The second kappa shape index (κ2) is 7.94. The van der Waals surface area contributed by atoms with Crippen LogP contribution >= 0.6 is 22.6 Å². The van der Waals surface area contributed by atoms with E-state index < -0.39 is 28.0 Å². The van der Waals surface area contributed by atoms with Crippen LogP contribution < -0.4 is 0 Å². The van der Waals surface area contributed by atoms with Gasteiger partial charge in [-0.25, -0.2) is 0 Å². The number of hydrogen-bond donors (Lipinski definition) is 1. The van der Waals surface area contributed by atoms with Crippen LogP contribution in [-0.2, 0) is 9.59 Å². The third-order valence-electron chi connectivity index (χ3n) is 2.37. The van der Waals surface area contributed by atoms with Gasteiger partial charge in [0.15, 0.2) is 0 Å². The number of rotatable bonds is 9. The molecule has 0 amide bonds. The molecule has 0 aliphatic heterocycles. The Hall–Kier alpha value is -0.270. The topological polar surface area (TPSA) is 54.4 Å². The van der Waals surface area contributed by atoms with Crippen LogP contribution in [0.2, 0.25) is 0 Å². The number of carbonyl (C=O) groups is 2. The van der Waals surface area contributed by atoms with Gasteiger partial charge in [0.25, 0.3) is 0 Å². The molecule has 0 bridgehead atoms. The van der Waals surface area contributed by atoms with Gasteiger partial charge in [-0.2, -0.15) is 8.78 Å². The highest BCUT2D eigenvalue weighted by molar-refractivity contribution is 14.1. The van der Waals surface area contributed by atoms with Crippen LogP contribution in [0.15, 0.2) is 0 Å². The van der Waals surface area contributed by atoms with Crippen molar-refractivity contribution in [1.82, 2.24) is 0 Å². The Bertz CT molecular complexity index is 269. The van der Waals surface area contributed by atoms with E-state index in [0.717, 1.165) is 19.3 Å². The minimum absolute atomic E-state index is 0.171. The maximum absolute atomic E-state index is 13.3. The van der Waals surface area contributed by atoms with E-state index in [-0.39, 0.29) is 6.42 Å². The van der Waals surface area contributed by atoms with Crippen molar-refractivity contribution in [3.63, 3.8) is 0 Å². The van der Waals surface area contributed by atoms with Gasteiger partial charge in [-0.15, -0.1) is 0 Å². The minimum Gasteiger partial charge on any atom is -0.480 e. The molecule has 0 heterocycles. The van der Waals surface area contributed by atoms with Crippen LogP contribution in [0.5, 0.6) is 0 Å². The Morgan fingerprint density at radius 3 is 2.35 bits per heavy atom. The summed E-state index contributed by atoms with van der Waals surface area (Å²) in [6, 6.07) is 0. The van der Waals surface area contributed by atoms with Gasteiger partial charge in [0.05, 0.1) is 0 Å². The summed E-state index contributed by atoms with van der Waals surface area (Å²) in [4.78, 5) is 21.7. The highest BCUT2D eigenvalue weighted by Crippen LogP contribution is 2.27. The number of unbranched alkanes of at least 4 members (excludes halogenated alkanes) is 3. The van der Waals surface area contributed by atoms with Crippen LogP contribution in [0.25, 0.3) is 0 Å². The smallest absolute Gasteiger partial charge is 0.316 e. The fourth-order valence-corrected chi connectivity index (χ4v) is 1.87. The summed E-state index contributed by atoms with van der Waals surface area (Å²) in [7, 11) is 0. The van der Waals surface area contributed by atoms with Gasteiger partial charge in [-0.3, -0.25) is 9.59 Å². The van der Waals surface area contributed by atoms with Crippen molar-refractivity contribution in [3.05, 3.63) is 0 Å². The normalized spacial score (nSPS) is 13.4. The van der Waals surface area contributed by atoms with Crippen LogP contribution in [0.4, 0.5) is 8.78 Å². The Kier molecular flexibility index (Phi) is 7.82. The van der Waals surface area contributed by atoms with E-state index in [1.54, 1.807) is 0 Å². The Morgan fingerprint density at radius 1 is 1.29 bits per heavy atom. The fourth-order valence-electron chi connectivity index (χ4n) is 1.32. The largest absolute Gasteiger partial charge is 0.480 e. The van der Waals surface area contributed by atoms with Crippen molar-refractivity contribution < 1.29 is 23.5 Å². The lowest BCUT2D eigenvalue weighted by molar-refractivity contribution is -0.146. The molecule has 0 fully saturated rings. The van der Waals surface area contributed by atoms with Crippen LogP contribution in [0, 0.1) is 0 Å². The van der Waals surface area contributed by atoms with Crippen molar-refractivity contribution in [3.8, 4) is 0 Å². The predicted molar refractivity (Wildman–Crippen MR) is 68.8 cm³/mol. The van der Waals surface area contributed by atoms with Crippen molar-refractivity contribution in [2.45, 2.75) is 55.3 Å². The van der Waals surface area contributed by atoms with Crippen molar-refractivity contribution >= 4 is 34.3 Å². The molecule has 0 saturated heterocycles. The number of carbonyl (C=O) groups excluding carboxylic acids is 1. The average Bonchev–Trinajstić information content (AvgIpc) is 2.23. The van der Waals surface area contributed by atoms with Gasteiger partial charge in [0.2, 0.25) is 5.78 Å². The number of Topliss-reactive ketones (excluding diaryl/α,β-unsaturated/α-hetero) is 1. The Morgan fingerprint density at radius 2 is 1.88 bits per heavy atom. The van der Waals surface area contributed by atoms with Crippen molar-refractivity contribution in [1.29, 1.82) is 0 Å². The third-order valence-corrected chi connectivity index (χ3v) is 3.34. The molecule has 0 spiro atoms. The summed E-state index contributed by atoms with van der Waals surface area (Å²) in [5.41, 5.74) is 0. The monoisotopic (exact) mass is 362 g/mol. The summed E-state index contributed by atoms with van der Waals surface area (Å²) in [5.74, 6) is -5.98. The molecule has 0 rings (SSSR count). The number of ketones is 1. The van der Waals surface area contributed by atoms with Crippen LogP contribution in [0.1, 0.15) is 45.4 Å². The van der Waals surface area contributed by atoms with E-state index in [2.05, 4.69) is 0 Å². The Labute approximate surface area is 113 Å². The summed E-state index contributed by atoms with van der Waals surface area (Å²) in [5, 5.41) is 8.52. The molecule has 0 aromatic carbocycles. The van der Waals surface area contributed by atoms with E-state index in [1.807, 2.05) is 6.92 Å². The first kappa shape index (κ1) is 16.7. The van der Waals surface area contributed by atoms with Gasteiger partial charge in [-0.05, 0) is 6.42 Å².